The molecule has 0 unspecified atom stereocenters. The Labute approximate surface area is 235 Å². The van der Waals surface area contributed by atoms with Crippen molar-refractivity contribution in [3.8, 4) is 5.75 Å². The van der Waals surface area contributed by atoms with Gasteiger partial charge in [0.2, 0.25) is 0 Å². The largest absolute Gasteiger partial charge is 0.485 e. The van der Waals surface area contributed by atoms with Crippen LogP contribution in [0.25, 0.3) is 10.8 Å². The van der Waals surface area contributed by atoms with Crippen LogP contribution < -0.4 is 14.8 Å². The Morgan fingerprint density at radius 2 is 1.84 bits per heavy atom. The number of hydrogen-bond acceptors (Lipinski definition) is 6. The molecule has 0 amide bonds. The number of rotatable bonds is 7. The summed E-state index contributed by atoms with van der Waals surface area (Å²) in [7, 11) is -4.07. The summed E-state index contributed by atoms with van der Waals surface area (Å²) in [4.78, 5) is 0.947. The predicted octanol–water partition coefficient (Wildman–Crippen LogP) is 7.77. The average Bonchev–Trinajstić information content (AvgIpc) is 3.44. The lowest BCUT2D eigenvalue weighted by Gasteiger charge is -2.27. The van der Waals surface area contributed by atoms with Crippen molar-refractivity contribution in [1.82, 2.24) is 5.32 Å². The fourth-order valence-electron chi connectivity index (χ4n) is 4.13. The van der Waals surface area contributed by atoms with E-state index in [2.05, 4.69) is 26.0 Å². The van der Waals surface area contributed by atoms with Gasteiger partial charge in [-0.25, -0.2) is 8.42 Å². The molecule has 1 aliphatic heterocycles. The monoisotopic (exact) mass is 642 g/mol. The summed E-state index contributed by atoms with van der Waals surface area (Å²) in [6.45, 7) is 2.74. The maximum Gasteiger partial charge on any atom is 0.419 e. The minimum Gasteiger partial charge on any atom is -0.485 e. The van der Waals surface area contributed by atoms with Gasteiger partial charge in [-0.15, -0.1) is 11.3 Å². The molecular formula is C26H22BrF3N2O3S3. The molecule has 2 N–H and O–H groups in total. The Kier molecular flexibility index (Phi) is 7.46. The summed E-state index contributed by atoms with van der Waals surface area (Å²) in [5.74, 6) is -0.413. The number of sulfonamides is 1. The van der Waals surface area contributed by atoms with Crippen molar-refractivity contribution in [3.63, 3.8) is 0 Å². The molecule has 12 heteroatoms. The average molecular weight is 644 g/mol. The van der Waals surface area contributed by atoms with E-state index in [1.807, 2.05) is 42.5 Å². The van der Waals surface area contributed by atoms with Crippen LogP contribution in [0, 0.1) is 0 Å². The lowest BCUT2D eigenvalue weighted by Crippen LogP contribution is -2.35. The number of thiophene rings is 1. The smallest absolute Gasteiger partial charge is 0.419 e. The van der Waals surface area contributed by atoms with Crippen LogP contribution in [-0.4, -0.2) is 27.1 Å². The number of benzene rings is 3. The molecule has 38 heavy (non-hydrogen) atoms. The summed E-state index contributed by atoms with van der Waals surface area (Å²) in [5, 5.41) is 5.25. The Hall–Kier alpha value is -2.25. The third-order valence-electron chi connectivity index (χ3n) is 6.05. The molecule has 1 saturated heterocycles. The van der Waals surface area contributed by atoms with E-state index < -0.39 is 33.1 Å². The molecule has 1 atom stereocenters. The minimum atomic E-state index is -4.65. The van der Waals surface area contributed by atoms with E-state index >= 15 is 0 Å². The second-order valence-corrected chi connectivity index (χ2v) is 14.3. The van der Waals surface area contributed by atoms with Crippen molar-refractivity contribution in [2.45, 2.75) is 38.4 Å². The van der Waals surface area contributed by atoms with Gasteiger partial charge in [-0.2, -0.15) is 13.2 Å². The van der Waals surface area contributed by atoms with Gasteiger partial charge in [-0.1, -0.05) is 42.1 Å². The number of hydrogen-bond donors (Lipinski definition) is 2. The normalized spacial score (nSPS) is 18.1. The van der Waals surface area contributed by atoms with Crippen molar-refractivity contribution >= 4 is 65.5 Å². The van der Waals surface area contributed by atoms with Crippen LogP contribution in [0.5, 0.6) is 5.75 Å². The molecule has 1 aromatic heterocycles. The van der Waals surface area contributed by atoms with E-state index in [4.69, 9.17) is 4.74 Å². The van der Waals surface area contributed by atoms with Crippen LogP contribution in [0.15, 0.2) is 84.5 Å². The first kappa shape index (κ1) is 27.3. The van der Waals surface area contributed by atoms with Crippen LogP contribution >= 0.6 is 39.0 Å². The van der Waals surface area contributed by atoms with Crippen molar-refractivity contribution in [2.24, 2.45) is 0 Å². The zero-order valence-corrected chi connectivity index (χ0v) is 24.0. The van der Waals surface area contributed by atoms with Gasteiger partial charge in [0.25, 0.3) is 10.0 Å². The van der Waals surface area contributed by atoms with Gasteiger partial charge in [0.1, 0.15) is 15.6 Å². The summed E-state index contributed by atoms with van der Waals surface area (Å²) >= 11 is 5.94. The quantitative estimate of drug-likeness (QED) is 0.216. The highest BCUT2D eigenvalue weighted by molar-refractivity contribution is 9.10. The molecule has 200 valence electrons. The maximum absolute atomic E-state index is 13.7. The van der Waals surface area contributed by atoms with Crippen LogP contribution in [0.4, 0.5) is 18.9 Å². The highest BCUT2D eigenvalue weighted by atomic mass is 79.9. The summed E-state index contributed by atoms with van der Waals surface area (Å²) in [6.07, 6.45) is -4.12. The first-order chi connectivity index (χ1) is 17.9. The highest BCUT2D eigenvalue weighted by Crippen LogP contribution is 2.43. The van der Waals surface area contributed by atoms with Crippen molar-refractivity contribution in [2.75, 3.05) is 17.8 Å². The van der Waals surface area contributed by atoms with Crippen molar-refractivity contribution in [1.29, 1.82) is 0 Å². The van der Waals surface area contributed by atoms with Gasteiger partial charge in [0.05, 0.1) is 15.5 Å². The van der Waals surface area contributed by atoms with Gasteiger partial charge in [-0.05, 0) is 70.5 Å². The van der Waals surface area contributed by atoms with E-state index in [9.17, 15) is 21.6 Å². The lowest BCUT2D eigenvalue weighted by molar-refractivity contribution is -0.139. The van der Waals surface area contributed by atoms with Crippen LogP contribution in [0.2, 0.25) is 0 Å². The number of fused-ring (bicyclic) bond motifs is 1. The minimum absolute atomic E-state index is 0.0178. The summed E-state index contributed by atoms with van der Waals surface area (Å²) in [5.41, 5.74) is -1.80. The molecule has 5 rings (SSSR count). The first-order valence-corrected chi connectivity index (χ1v) is 15.4. The molecule has 0 radical (unpaired) electrons. The number of alkyl halides is 3. The van der Waals surface area contributed by atoms with E-state index in [-0.39, 0.29) is 9.90 Å². The fourth-order valence-corrected chi connectivity index (χ4v) is 8.86. The number of nitrogens with one attached hydrogen (secondary N) is 2. The van der Waals surface area contributed by atoms with E-state index in [1.54, 1.807) is 6.92 Å². The van der Waals surface area contributed by atoms with Gasteiger partial charge in [0, 0.05) is 28.4 Å². The SMILES string of the molecule is C[C@@]1(Oc2cc(NS(=O)(=O)c3cc(Br)c(Sc4ccc5ccccc5c4)s3)ccc2C(F)(F)F)CCNC1. The molecule has 2 heterocycles. The van der Waals surface area contributed by atoms with E-state index in [1.165, 1.54) is 17.8 Å². The molecule has 1 fully saturated rings. The molecule has 5 nitrogen and oxygen atoms in total. The molecular weight excluding hydrogens is 621 g/mol. The Bertz CT molecular complexity index is 1600. The van der Waals surface area contributed by atoms with Crippen LogP contribution in [-0.2, 0) is 16.2 Å². The molecule has 0 spiro atoms. The Morgan fingerprint density at radius 3 is 2.55 bits per heavy atom. The maximum atomic E-state index is 13.7. The zero-order valence-electron chi connectivity index (χ0n) is 19.9. The number of ether oxygens (including phenoxy) is 1. The lowest BCUT2D eigenvalue weighted by atomic mass is 10.1. The third-order valence-corrected chi connectivity index (χ3v) is 11.4. The van der Waals surface area contributed by atoms with Crippen molar-refractivity contribution < 1.29 is 26.3 Å². The Balaban J connectivity index is 1.39. The first-order valence-electron chi connectivity index (χ1n) is 11.5. The molecule has 0 aliphatic carbocycles. The number of halogens is 4. The standard InChI is InChI=1S/C26H22BrF3N2O3S3/c1-25(10-11-31-15-25)35-22-13-18(7-9-20(22)26(28,29)30)32-38(33,34)23-14-21(27)24(37-23)36-19-8-6-16-4-2-3-5-17(16)12-19/h2-9,12-14,31-32H,10-11,15H2,1H3/t25-/m1/s1. The zero-order chi connectivity index (χ0) is 27.1. The van der Waals surface area contributed by atoms with Crippen molar-refractivity contribution in [3.05, 3.63) is 76.8 Å². The molecule has 1 aliphatic rings. The van der Waals surface area contributed by atoms with Gasteiger partial charge in [0.15, 0.2) is 0 Å². The topological polar surface area (TPSA) is 67.4 Å². The van der Waals surface area contributed by atoms with Crippen LogP contribution in [0.1, 0.15) is 18.9 Å². The van der Waals surface area contributed by atoms with E-state index in [0.717, 1.165) is 49.4 Å². The molecule has 0 saturated carbocycles. The van der Waals surface area contributed by atoms with E-state index in [0.29, 0.717) is 24.0 Å². The molecule has 3 aromatic carbocycles. The molecule has 4 aromatic rings. The fraction of sp³-hybridized carbons (Fsp3) is 0.231. The Morgan fingerprint density at radius 1 is 1.08 bits per heavy atom. The van der Waals surface area contributed by atoms with Gasteiger partial charge < -0.3 is 10.1 Å². The summed E-state index contributed by atoms with van der Waals surface area (Å²) < 4.78 is 76.9. The highest BCUT2D eigenvalue weighted by Gasteiger charge is 2.38. The predicted molar refractivity (Wildman–Crippen MR) is 149 cm³/mol. The van der Waals surface area contributed by atoms with Gasteiger partial charge in [-0.3, -0.25) is 4.72 Å². The summed E-state index contributed by atoms with van der Waals surface area (Å²) in [6, 6.07) is 18.5. The molecule has 0 bridgehead atoms. The number of anilines is 1. The second kappa shape index (κ2) is 10.4. The van der Waals surface area contributed by atoms with Gasteiger partial charge >= 0.3 is 6.18 Å². The third kappa shape index (κ3) is 5.99. The second-order valence-electron chi connectivity index (χ2n) is 9.10. The van der Waals surface area contributed by atoms with Crippen LogP contribution in [0.3, 0.4) is 0 Å².